The molecule has 0 spiro atoms. The van der Waals surface area contributed by atoms with E-state index in [9.17, 15) is 9.59 Å². The number of ketones is 1. The molecule has 0 aliphatic carbocycles. The molecule has 1 saturated heterocycles. The van der Waals surface area contributed by atoms with Gasteiger partial charge in [0.15, 0.2) is 12.4 Å². The molecule has 0 bridgehead atoms. The number of halogens is 1. The molecule has 1 N–H and O–H groups in total. The highest BCUT2D eigenvalue weighted by Crippen LogP contribution is 2.16. The van der Waals surface area contributed by atoms with E-state index < -0.39 is 0 Å². The molecule has 0 atom stereocenters. The summed E-state index contributed by atoms with van der Waals surface area (Å²) < 4.78 is 5.62. The molecular weight excluding hydrogens is 328 g/mol. The van der Waals surface area contributed by atoms with Crippen LogP contribution in [0.15, 0.2) is 24.3 Å². The van der Waals surface area contributed by atoms with Crippen molar-refractivity contribution < 1.29 is 14.3 Å². The zero-order valence-corrected chi connectivity index (χ0v) is 15.2. The van der Waals surface area contributed by atoms with Gasteiger partial charge in [-0.25, -0.2) is 0 Å². The van der Waals surface area contributed by atoms with Gasteiger partial charge < -0.3 is 15.0 Å². The highest BCUT2D eigenvalue weighted by atomic mass is 35.5. The van der Waals surface area contributed by atoms with Crippen LogP contribution in [0.2, 0.25) is 0 Å². The third-order valence-electron chi connectivity index (χ3n) is 4.14. The summed E-state index contributed by atoms with van der Waals surface area (Å²) in [4.78, 5) is 25.9. The van der Waals surface area contributed by atoms with E-state index >= 15 is 0 Å². The quantitative estimate of drug-likeness (QED) is 0.765. The van der Waals surface area contributed by atoms with Gasteiger partial charge >= 0.3 is 0 Å². The van der Waals surface area contributed by atoms with E-state index in [4.69, 9.17) is 4.74 Å². The van der Waals surface area contributed by atoms with Gasteiger partial charge in [0.1, 0.15) is 5.75 Å². The lowest BCUT2D eigenvalue weighted by Crippen LogP contribution is -2.48. The number of ether oxygens (including phenoxy) is 1. The molecule has 0 saturated carbocycles. The van der Waals surface area contributed by atoms with Crippen LogP contribution in [0.25, 0.3) is 0 Å². The summed E-state index contributed by atoms with van der Waals surface area (Å²) in [6.45, 7) is 6.30. The SMILES string of the molecule is CCCN(C(=O)COc1cccc(C(C)=O)c1)C1CCNCC1.Cl. The lowest BCUT2D eigenvalue weighted by Gasteiger charge is -2.34. The maximum Gasteiger partial charge on any atom is 0.260 e. The first-order valence-corrected chi connectivity index (χ1v) is 8.35. The molecule has 1 aromatic carbocycles. The van der Waals surface area contributed by atoms with Gasteiger partial charge in [-0.3, -0.25) is 9.59 Å². The maximum atomic E-state index is 12.5. The topological polar surface area (TPSA) is 58.6 Å². The van der Waals surface area contributed by atoms with Crippen molar-refractivity contribution in [3.63, 3.8) is 0 Å². The number of rotatable bonds is 7. The summed E-state index contributed by atoms with van der Waals surface area (Å²) in [5.74, 6) is 0.573. The Kier molecular flexibility index (Phi) is 8.79. The van der Waals surface area contributed by atoms with E-state index in [1.54, 1.807) is 24.3 Å². The molecule has 1 amide bonds. The van der Waals surface area contributed by atoms with E-state index in [2.05, 4.69) is 12.2 Å². The minimum atomic E-state index is -0.0101. The van der Waals surface area contributed by atoms with Gasteiger partial charge in [-0.2, -0.15) is 0 Å². The van der Waals surface area contributed by atoms with Crippen LogP contribution in [0.3, 0.4) is 0 Å². The number of Topliss-reactive ketones (excluding diaryl/α,β-unsaturated/α-hetero) is 1. The molecule has 0 radical (unpaired) electrons. The predicted molar refractivity (Wildman–Crippen MR) is 97.1 cm³/mol. The van der Waals surface area contributed by atoms with Crippen LogP contribution in [0.1, 0.15) is 43.5 Å². The van der Waals surface area contributed by atoms with Gasteiger partial charge in [-0.1, -0.05) is 19.1 Å². The summed E-state index contributed by atoms with van der Waals surface area (Å²) in [7, 11) is 0. The minimum absolute atomic E-state index is 0. The molecule has 1 aliphatic rings. The minimum Gasteiger partial charge on any atom is -0.484 e. The lowest BCUT2D eigenvalue weighted by molar-refractivity contribution is -0.136. The van der Waals surface area contributed by atoms with E-state index in [-0.39, 0.29) is 30.7 Å². The van der Waals surface area contributed by atoms with Gasteiger partial charge in [0.25, 0.3) is 5.91 Å². The summed E-state index contributed by atoms with van der Waals surface area (Å²) in [5, 5.41) is 3.32. The number of hydrogen-bond donors (Lipinski definition) is 1. The Hall–Kier alpha value is -1.59. The Labute approximate surface area is 150 Å². The molecule has 0 unspecified atom stereocenters. The Bertz CT molecular complexity index is 545. The molecule has 24 heavy (non-hydrogen) atoms. The van der Waals surface area contributed by atoms with Crippen LogP contribution in [-0.4, -0.2) is 48.9 Å². The number of piperidine rings is 1. The maximum absolute atomic E-state index is 12.5. The van der Waals surface area contributed by atoms with E-state index in [0.29, 0.717) is 17.4 Å². The number of nitrogens with one attached hydrogen (secondary N) is 1. The largest absolute Gasteiger partial charge is 0.484 e. The molecular formula is C18H27ClN2O3. The Balaban J connectivity index is 0.00000288. The fourth-order valence-electron chi connectivity index (χ4n) is 2.90. The lowest BCUT2D eigenvalue weighted by atomic mass is 10.0. The average molecular weight is 355 g/mol. The number of hydrogen-bond acceptors (Lipinski definition) is 4. The van der Waals surface area contributed by atoms with Crippen LogP contribution < -0.4 is 10.1 Å². The van der Waals surface area contributed by atoms with Crippen molar-refractivity contribution in [2.75, 3.05) is 26.2 Å². The molecule has 1 aromatic rings. The number of benzene rings is 1. The first kappa shape index (κ1) is 20.5. The normalized spacial score (nSPS) is 14.6. The van der Waals surface area contributed by atoms with Crippen LogP contribution in [0.4, 0.5) is 0 Å². The second-order valence-electron chi connectivity index (χ2n) is 5.94. The van der Waals surface area contributed by atoms with E-state index in [1.807, 2.05) is 4.90 Å². The summed E-state index contributed by atoms with van der Waals surface area (Å²) >= 11 is 0. The second kappa shape index (κ2) is 10.3. The standard InChI is InChI=1S/C18H26N2O3.ClH/c1-3-11-20(16-7-9-19-10-8-16)18(22)13-23-17-6-4-5-15(12-17)14(2)21;/h4-6,12,16,19H,3,7-11,13H2,1-2H3;1H. The monoisotopic (exact) mass is 354 g/mol. The summed E-state index contributed by atoms with van der Waals surface area (Å²) in [6, 6.07) is 7.28. The van der Waals surface area contributed by atoms with Crippen molar-refractivity contribution in [2.45, 2.75) is 39.2 Å². The van der Waals surface area contributed by atoms with Crippen LogP contribution in [0, 0.1) is 0 Å². The van der Waals surface area contributed by atoms with Crippen molar-refractivity contribution in [1.82, 2.24) is 10.2 Å². The average Bonchev–Trinajstić information content (AvgIpc) is 2.58. The number of carbonyl (C=O) groups is 2. The molecule has 0 aromatic heterocycles. The van der Waals surface area contributed by atoms with Crippen molar-refractivity contribution in [3.05, 3.63) is 29.8 Å². The van der Waals surface area contributed by atoms with Gasteiger partial charge in [0, 0.05) is 18.2 Å². The summed E-state index contributed by atoms with van der Waals surface area (Å²) in [5.41, 5.74) is 0.596. The zero-order valence-electron chi connectivity index (χ0n) is 14.4. The molecule has 134 valence electrons. The summed E-state index contributed by atoms with van der Waals surface area (Å²) in [6.07, 6.45) is 2.92. The van der Waals surface area contributed by atoms with Crippen LogP contribution in [-0.2, 0) is 4.79 Å². The van der Waals surface area contributed by atoms with Crippen molar-refractivity contribution in [2.24, 2.45) is 0 Å². The van der Waals surface area contributed by atoms with Gasteiger partial charge in [0.2, 0.25) is 0 Å². The first-order valence-electron chi connectivity index (χ1n) is 8.35. The van der Waals surface area contributed by atoms with Crippen molar-refractivity contribution in [1.29, 1.82) is 0 Å². The molecule has 1 aliphatic heterocycles. The third kappa shape index (κ3) is 5.80. The third-order valence-corrected chi connectivity index (χ3v) is 4.14. The molecule has 1 heterocycles. The first-order chi connectivity index (χ1) is 11.1. The molecule has 6 heteroatoms. The Morgan fingerprint density at radius 3 is 2.62 bits per heavy atom. The second-order valence-corrected chi connectivity index (χ2v) is 5.94. The highest BCUT2D eigenvalue weighted by Gasteiger charge is 2.24. The molecule has 5 nitrogen and oxygen atoms in total. The van der Waals surface area contributed by atoms with E-state index in [0.717, 1.165) is 38.9 Å². The van der Waals surface area contributed by atoms with Gasteiger partial charge in [-0.05, 0) is 51.4 Å². The number of amides is 1. The fraction of sp³-hybridized carbons (Fsp3) is 0.556. The zero-order chi connectivity index (χ0) is 16.7. The smallest absolute Gasteiger partial charge is 0.260 e. The fourth-order valence-corrected chi connectivity index (χ4v) is 2.90. The van der Waals surface area contributed by atoms with E-state index in [1.165, 1.54) is 6.92 Å². The number of nitrogens with zero attached hydrogens (tertiary/aromatic N) is 1. The van der Waals surface area contributed by atoms with Gasteiger partial charge in [0.05, 0.1) is 0 Å². The predicted octanol–water partition coefficient (Wildman–Crippen LogP) is 2.68. The van der Waals surface area contributed by atoms with Crippen molar-refractivity contribution >= 4 is 24.1 Å². The van der Waals surface area contributed by atoms with Gasteiger partial charge in [-0.15, -0.1) is 12.4 Å². The van der Waals surface area contributed by atoms with Crippen molar-refractivity contribution in [3.8, 4) is 5.75 Å². The molecule has 2 rings (SSSR count). The Morgan fingerprint density at radius 1 is 1.29 bits per heavy atom. The molecule has 1 fully saturated rings. The number of carbonyl (C=O) groups excluding carboxylic acids is 2. The van der Waals surface area contributed by atoms with Crippen LogP contribution in [0.5, 0.6) is 5.75 Å². The Morgan fingerprint density at radius 2 is 2.00 bits per heavy atom. The highest BCUT2D eigenvalue weighted by molar-refractivity contribution is 5.94. The van der Waals surface area contributed by atoms with Crippen LogP contribution >= 0.6 is 12.4 Å².